The lowest BCUT2D eigenvalue weighted by molar-refractivity contribution is -0.136. The van der Waals surface area contributed by atoms with Gasteiger partial charge in [-0.15, -0.1) is 0 Å². The van der Waals surface area contributed by atoms with E-state index >= 15 is 0 Å². The van der Waals surface area contributed by atoms with E-state index in [4.69, 9.17) is 11.6 Å². The fourth-order valence-corrected chi connectivity index (χ4v) is 2.12. The zero-order valence-corrected chi connectivity index (χ0v) is 13.4. The van der Waals surface area contributed by atoms with Gasteiger partial charge in [0.15, 0.2) is 0 Å². The Morgan fingerprint density at radius 1 is 1.17 bits per heavy atom. The average Bonchev–Trinajstić information content (AvgIpc) is 2.45. The minimum absolute atomic E-state index is 0.0204. The minimum Gasteiger partial charge on any atom is -0.354 e. The van der Waals surface area contributed by atoms with E-state index in [1.165, 1.54) is 12.1 Å². The maximum absolute atomic E-state index is 13.1. The van der Waals surface area contributed by atoms with Crippen LogP contribution in [0.15, 0.2) is 24.3 Å². The normalized spacial score (nSPS) is 11.4. The molecule has 8 heteroatoms. The zero-order chi connectivity index (χ0) is 17.0. The molecule has 0 atom stereocenters. The van der Waals surface area contributed by atoms with E-state index in [1.807, 2.05) is 6.92 Å². The van der Waals surface area contributed by atoms with Gasteiger partial charge in [-0.2, -0.15) is 18.2 Å². The van der Waals surface area contributed by atoms with Gasteiger partial charge in [-0.3, -0.25) is 0 Å². The van der Waals surface area contributed by atoms with Gasteiger partial charge in [-0.05, 0) is 31.5 Å². The lowest BCUT2D eigenvalue weighted by atomic mass is 10.1. The van der Waals surface area contributed by atoms with Crippen molar-refractivity contribution in [3.63, 3.8) is 0 Å². The number of nitrogens with one attached hydrogen (secondary N) is 2. The van der Waals surface area contributed by atoms with Crippen molar-refractivity contribution in [1.82, 2.24) is 9.97 Å². The van der Waals surface area contributed by atoms with Crippen LogP contribution in [0.4, 0.5) is 30.6 Å². The Hall–Kier alpha value is -2.02. The summed E-state index contributed by atoms with van der Waals surface area (Å²) in [7, 11) is 0. The lowest BCUT2D eigenvalue weighted by Gasteiger charge is -2.15. The Kier molecular flexibility index (Phi) is 5.30. The molecule has 4 nitrogen and oxygen atoms in total. The predicted octanol–water partition coefficient (Wildman–Crippen LogP) is 5.02. The monoisotopic (exact) mass is 344 g/mol. The summed E-state index contributed by atoms with van der Waals surface area (Å²) in [6.07, 6.45) is -3.63. The second-order valence-corrected chi connectivity index (χ2v) is 5.39. The molecular weight excluding hydrogens is 329 g/mol. The molecule has 23 heavy (non-hydrogen) atoms. The molecule has 1 aromatic carbocycles. The molecule has 0 fully saturated rings. The summed E-state index contributed by atoms with van der Waals surface area (Å²) in [6, 6.07) is 5.13. The quantitative estimate of drug-likeness (QED) is 0.799. The molecule has 0 unspecified atom stereocenters. The number of aromatic nitrogens is 2. The number of alkyl halides is 3. The predicted molar refractivity (Wildman–Crippen MR) is 85.3 cm³/mol. The fourth-order valence-electron chi connectivity index (χ4n) is 1.95. The van der Waals surface area contributed by atoms with Gasteiger partial charge in [0.25, 0.3) is 0 Å². The number of aryl methyl sites for hydroxylation is 1. The van der Waals surface area contributed by atoms with E-state index in [2.05, 4.69) is 20.6 Å². The average molecular weight is 345 g/mol. The maximum Gasteiger partial charge on any atom is 0.418 e. The lowest BCUT2D eigenvalue weighted by Crippen LogP contribution is -2.10. The molecule has 1 heterocycles. The van der Waals surface area contributed by atoms with Crippen LogP contribution >= 0.6 is 11.6 Å². The third-order valence-electron chi connectivity index (χ3n) is 2.94. The smallest absolute Gasteiger partial charge is 0.354 e. The van der Waals surface area contributed by atoms with E-state index in [1.54, 1.807) is 13.0 Å². The first-order chi connectivity index (χ1) is 10.8. The molecule has 2 N–H and O–H groups in total. The first-order valence-corrected chi connectivity index (χ1v) is 7.40. The molecule has 0 bridgehead atoms. The summed E-state index contributed by atoms with van der Waals surface area (Å²) < 4.78 is 39.3. The second-order valence-electron chi connectivity index (χ2n) is 4.96. The van der Waals surface area contributed by atoms with Gasteiger partial charge in [-0.25, -0.2) is 4.98 Å². The maximum atomic E-state index is 13.1. The van der Waals surface area contributed by atoms with Crippen LogP contribution < -0.4 is 10.6 Å². The number of hydrogen-bond acceptors (Lipinski definition) is 4. The molecule has 0 radical (unpaired) electrons. The van der Waals surface area contributed by atoms with E-state index in [9.17, 15) is 13.2 Å². The summed E-state index contributed by atoms with van der Waals surface area (Å²) in [5.41, 5.74) is -0.311. The van der Waals surface area contributed by atoms with Crippen LogP contribution in [0.1, 0.15) is 24.6 Å². The Bertz CT molecular complexity index is 689. The molecule has 0 saturated heterocycles. The number of anilines is 3. The van der Waals surface area contributed by atoms with Gasteiger partial charge in [0.05, 0.1) is 11.3 Å². The summed E-state index contributed by atoms with van der Waals surface area (Å²) in [4.78, 5) is 8.37. The molecule has 0 amide bonds. The summed E-state index contributed by atoms with van der Waals surface area (Å²) in [6.45, 7) is 4.42. The second kappa shape index (κ2) is 7.04. The Morgan fingerprint density at radius 3 is 2.57 bits per heavy atom. The summed E-state index contributed by atoms with van der Waals surface area (Å²) in [5, 5.41) is 5.72. The summed E-state index contributed by atoms with van der Waals surface area (Å²) in [5.74, 6) is 0.654. The van der Waals surface area contributed by atoms with Crippen LogP contribution in [0.25, 0.3) is 0 Å². The van der Waals surface area contributed by atoms with Crippen LogP contribution in [0.3, 0.4) is 0 Å². The van der Waals surface area contributed by atoms with Gasteiger partial charge in [-0.1, -0.05) is 18.5 Å². The highest BCUT2D eigenvalue weighted by Gasteiger charge is 2.34. The van der Waals surface area contributed by atoms with Crippen molar-refractivity contribution in [1.29, 1.82) is 0 Å². The molecule has 0 aliphatic carbocycles. The van der Waals surface area contributed by atoms with E-state index in [-0.39, 0.29) is 16.5 Å². The van der Waals surface area contributed by atoms with Crippen LogP contribution in [-0.2, 0) is 6.18 Å². The van der Waals surface area contributed by atoms with Crippen LogP contribution in [-0.4, -0.2) is 16.5 Å². The van der Waals surface area contributed by atoms with E-state index in [0.29, 0.717) is 18.2 Å². The van der Waals surface area contributed by atoms with Crippen LogP contribution in [0, 0.1) is 6.92 Å². The fraction of sp³-hybridized carbons (Fsp3) is 0.333. The van der Waals surface area contributed by atoms with Crippen molar-refractivity contribution in [3.05, 3.63) is 40.5 Å². The number of halogens is 4. The highest BCUT2D eigenvalue weighted by molar-refractivity contribution is 6.30. The molecule has 0 spiro atoms. The van der Waals surface area contributed by atoms with Gasteiger partial charge in [0.1, 0.15) is 5.82 Å². The van der Waals surface area contributed by atoms with Gasteiger partial charge >= 0.3 is 6.18 Å². The first kappa shape index (κ1) is 17.3. The molecule has 2 rings (SSSR count). The first-order valence-electron chi connectivity index (χ1n) is 7.03. The molecule has 2 aromatic rings. The Morgan fingerprint density at radius 2 is 1.91 bits per heavy atom. The van der Waals surface area contributed by atoms with Crippen molar-refractivity contribution < 1.29 is 13.2 Å². The summed E-state index contributed by atoms with van der Waals surface area (Å²) >= 11 is 5.67. The third kappa shape index (κ3) is 4.72. The van der Waals surface area contributed by atoms with Gasteiger partial charge in [0.2, 0.25) is 5.95 Å². The number of benzene rings is 1. The molecule has 0 aliphatic rings. The standard InChI is InChI=1S/C15H16ClF3N4/c1-3-6-20-14-21-9(2)7-13(23-14)22-12-5-4-10(16)8-11(12)15(17,18)19/h4-5,7-8H,3,6H2,1-2H3,(H2,20,21,22,23). The third-order valence-corrected chi connectivity index (χ3v) is 3.17. The van der Waals surface area contributed by atoms with Crippen molar-refractivity contribution in [3.8, 4) is 0 Å². The molecule has 0 saturated carbocycles. The number of hydrogen-bond donors (Lipinski definition) is 2. The Labute approximate surface area is 137 Å². The minimum atomic E-state index is -4.52. The van der Waals surface area contributed by atoms with Gasteiger partial charge in [0, 0.05) is 23.3 Å². The number of nitrogens with zero attached hydrogens (tertiary/aromatic N) is 2. The molecule has 124 valence electrons. The van der Waals surface area contributed by atoms with Gasteiger partial charge < -0.3 is 10.6 Å². The largest absolute Gasteiger partial charge is 0.418 e. The highest BCUT2D eigenvalue weighted by atomic mass is 35.5. The van der Waals surface area contributed by atoms with Crippen molar-refractivity contribution in [2.75, 3.05) is 17.2 Å². The molecular formula is C15H16ClF3N4. The van der Waals surface area contributed by atoms with Crippen LogP contribution in [0.5, 0.6) is 0 Å². The van der Waals surface area contributed by atoms with Crippen LogP contribution in [0.2, 0.25) is 5.02 Å². The zero-order valence-electron chi connectivity index (χ0n) is 12.6. The van der Waals surface area contributed by atoms with Crippen molar-refractivity contribution >= 4 is 29.1 Å². The van der Waals surface area contributed by atoms with Crippen molar-refractivity contribution in [2.45, 2.75) is 26.4 Å². The SMILES string of the molecule is CCCNc1nc(C)cc(Nc2ccc(Cl)cc2C(F)(F)F)n1. The molecule has 1 aromatic heterocycles. The van der Waals surface area contributed by atoms with E-state index in [0.717, 1.165) is 12.5 Å². The van der Waals surface area contributed by atoms with Crippen molar-refractivity contribution in [2.24, 2.45) is 0 Å². The van der Waals surface area contributed by atoms with E-state index < -0.39 is 11.7 Å². The topological polar surface area (TPSA) is 49.8 Å². The number of rotatable bonds is 5. The Balaban J connectivity index is 2.34. The highest BCUT2D eigenvalue weighted by Crippen LogP contribution is 2.37. The molecule has 0 aliphatic heterocycles.